The molecule has 2 atom stereocenters. The Morgan fingerprint density at radius 3 is 2.39 bits per heavy atom. The van der Waals surface area contributed by atoms with Crippen LogP contribution in [0, 0.1) is 17.3 Å². The molecule has 2 unspecified atom stereocenters. The third-order valence-electron chi connectivity index (χ3n) is 3.27. The van der Waals surface area contributed by atoms with E-state index in [1.54, 1.807) is 6.92 Å². The van der Waals surface area contributed by atoms with Crippen molar-refractivity contribution in [3.05, 3.63) is 11.6 Å². The Morgan fingerprint density at radius 1 is 1.28 bits per heavy atom. The van der Waals surface area contributed by atoms with Gasteiger partial charge in [-0.15, -0.1) is 0 Å². The van der Waals surface area contributed by atoms with Gasteiger partial charge in [-0.1, -0.05) is 25.5 Å². The monoisotopic (exact) mass is 254 g/mol. The van der Waals surface area contributed by atoms with Gasteiger partial charge in [0.25, 0.3) is 0 Å². The Kier molecular flexibility index (Phi) is 4.38. The first kappa shape index (κ1) is 14.5. The predicted molar refractivity (Wildman–Crippen MR) is 68.5 cm³/mol. The lowest BCUT2D eigenvalue weighted by molar-refractivity contribution is -0.124. The van der Waals surface area contributed by atoms with Crippen molar-refractivity contribution in [2.24, 2.45) is 17.3 Å². The second-order valence-corrected chi connectivity index (χ2v) is 5.40. The van der Waals surface area contributed by atoms with Crippen molar-refractivity contribution in [2.45, 2.75) is 34.6 Å². The summed E-state index contributed by atoms with van der Waals surface area (Å²) in [6.07, 6.45) is 1.47. The van der Waals surface area contributed by atoms with E-state index in [0.29, 0.717) is 0 Å². The molecule has 0 bridgehead atoms. The molecule has 0 aromatic carbocycles. The maximum atomic E-state index is 11.9. The van der Waals surface area contributed by atoms with Gasteiger partial charge in [0, 0.05) is 0 Å². The Balaban J connectivity index is 2.49. The number of ether oxygens (including phenoxy) is 1. The number of hydrogen-bond donors (Lipinski definition) is 2. The second kappa shape index (κ2) is 5.42. The number of amides is 2. The zero-order valence-electron chi connectivity index (χ0n) is 11.7. The van der Waals surface area contributed by atoms with E-state index in [9.17, 15) is 9.59 Å². The smallest absolute Gasteiger partial charge is 0.426 e. The maximum Gasteiger partial charge on any atom is 0.426 e. The number of carbonyl (C=O) groups excluding carboxylic acids is 2. The number of carbonyl (C=O) groups is 2. The Bertz CT molecular complexity index is 370. The average Bonchev–Trinajstić information content (AvgIpc) is 2.76. The van der Waals surface area contributed by atoms with Crippen LogP contribution in [0.5, 0.6) is 0 Å². The Morgan fingerprint density at radius 2 is 1.89 bits per heavy atom. The molecule has 1 fully saturated rings. The van der Waals surface area contributed by atoms with Crippen LogP contribution in [-0.2, 0) is 9.53 Å². The van der Waals surface area contributed by atoms with Gasteiger partial charge in [0.1, 0.15) is 0 Å². The lowest BCUT2D eigenvalue weighted by Gasteiger charge is -2.07. The summed E-state index contributed by atoms with van der Waals surface area (Å²) in [5.74, 6) is -0.0450. The van der Waals surface area contributed by atoms with Crippen LogP contribution in [0.15, 0.2) is 11.6 Å². The van der Waals surface area contributed by atoms with Crippen molar-refractivity contribution in [1.82, 2.24) is 10.9 Å². The van der Waals surface area contributed by atoms with E-state index >= 15 is 0 Å². The summed E-state index contributed by atoms with van der Waals surface area (Å²) in [7, 11) is 0. The van der Waals surface area contributed by atoms with Crippen LogP contribution in [0.4, 0.5) is 4.79 Å². The van der Waals surface area contributed by atoms with Gasteiger partial charge < -0.3 is 4.74 Å². The number of nitrogens with one attached hydrogen (secondary N) is 2. The molecule has 0 aliphatic heterocycles. The van der Waals surface area contributed by atoms with Crippen LogP contribution in [0.1, 0.15) is 34.6 Å². The lowest BCUT2D eigenvalue weighted by atomic mass is 10.1. The van der Waals surface area contributed by atoms with Crippen molar-refractivity contribution in [3.63, 3.8) is 0 Å². The van der Waals surface area contributed by atoms with E-state index in [2.05, 4.69) is 21.7 Å². The fourth-order valence-corrected chi connectivity index (χ4v) is 2.21. The molecule has 1 rings (SSSR count). The molecule has 0 saturated heterocycles. The Labute approximate surface area is 108 Å². The van der Waals surface area contributed by atoms with Crippen LogP contribution < -0.4 is 10.9 Å². The van der Waals surface area contributed by atoms with E-state index in [0.717, 1.165) is 0 Å². The van der Waals surface area contributed by atoms with Gasteiger partial charge in [-0.3, -0.25) is 10.2 Å². The van der Waals surface area contributed by atoms with Crippen LogP contribution in [0.3, 0.4) is 0 Å². The highest BCUT2D eigenvalue weighted by Crippen LogP contribution is 2.59. The van der Waals surface area contributed by atoms with Gasteiger partial charge in [0.15, 0.2) is 0 Å². The van der Waals surface area contributed by atoms with Crippen molar-refractivity contribution in [1.29, 1.82) is 0 Å². The number of hydrogen-bond acceptors (Lipinski definition) is 3. The molecule has 2 amide bonds. The summed E-state index contributed by atoms with van der Waals surface area (Å²) < 4.78 is 4.66. The highest BCUT2D eigenvalue weighted by Gasteiger charge is 2.60. The molecule has 102 valence electrons. The van der Waals surface area contributed by atoms with Crippen molar-refractivity contribution in [3.8, 4) is 0 Å². The molecule has 0 radical (unpaired) electrons. The molecule has 18 heavy (non-hydrogen) atoms. The largest absolute Gasteiger partial charge is 0.449 e. The second-order valence-electron chi connectivity index (χ2n) is 5.40. The van der Waals surface area contributed by atoms with E-state index in [1.807, 2.05) is 27.7 Å². The standard InChI is InChI=1S/C13H22N2O3/c1-6-18-12(17)15-14-11(16)10-9(7-8(2)3)13(10,4)5/h7,9-10H,6H2,1-5H3,(H,14,16)(H,15,17). The van der Waals surface area contributed by atoms with Crippen molar-refractivity contribution in [2.75, 3.05) is 6.61 Å². The first-order valence-electron chi connectivity index (χ1n) is 6.18. The van der Waals surface area contributed by atoms with Gasteiger partial charge in [0.05, 0.1) is 12.5 Å². The van der Waals surface area contributed by atoms with E-state index in [4.69, 9.17) is 0 Å². The summed E-state index contributed by atoms with van der Waals surface area (Å²) >= 11 is 0. The van der Waals surface area contributed by atoms with E-state index in [1.165, 1.54) is 5.57 Å². The molecule has 0 aromatic heterocycles. The first-order chi connectivity index (χ1) is 8.30. The molecule has 1 saturated carbocycles. The van der Waals surface area contributed by atoms with Crippen LogP contribution >= 0.6 is 0 Å². The average molecular weight is 254 g/mol. The maximum absolute atomic E-state index is 11.9. The quantitative estimate of drug-likeness (QED) is 0.598. The lowest BCUT2D eigenvalue weighted by Crippen LogP contribution is -2.43. The number of allylic oxidation sites excluding steroid dienone is 2. The highest BCUT2D eigenvalue weighted by molar-refractivity contribution is 5.85. The predicted octanol–water partition coefficient (Wildman–Crippen LogP) is 2.00. The minimum Gasteiger partial charge on any atom is -0.449 e. The topological polar surface area (TPSA) is 67.4 Å². The summed E-state index contributed by atoms with van der Waals surface area (Å²) in [5, 5.41) is 0. The van der Waals surface area contributed by atoms with Crippen LogP contribution in [-0.4, -0.2) is 18.6 Å². The molecular weight excluding hydrogens is 232 g/mol. The van der Waals surface area contributed by atoms with E-state index < -0.39 is 6.09 Å². The zero-order chi connectivity index (χ0) is 13.9. The molecule has 5 nitrogen and oxygen atoms in total. The molecule has 0 spiro atoms. The first-order valence-corrected chi connectivity index (χ1v) is 6.18. The van der Waals surface area contributed by atoms with Crippen molar-refractivity contribution < 1.29 is 14.3 Å². The fourth-order valence-electron chi connectivity index (χ4n) is 2.21. The summed E-state index contributed by atoms with van der Waals surface area (Å²) in [5.41, 5.74) is 5.77. The molecule has 1 aliphatic rings. The molecule has 5 heteroatoms. The SMILES string of the molecule is CCOC(=O)NNC(=O)C1C(C=C(C)C)C1(C)C. The third kappa shape index (κ3) is 3.24. The number of hydrazine groups is 1. The van der Waals surface area contributed by atoms with Gasteiger partial charge in [-0.05, 0) is 32.1 Å². The zero-order valence-corrected chi connectivity index (χ0v) is 11.7. The third-order valence-corrected chi connectivity index (χ3v) is 3.27. The molecule has 2 N–H and O–H groups in total. The van der Waals surface area contributed by atoms with E-state index in [-0.39, 0.29) is 29.8 Å². The summed E-state index contributed by atoms with van der Waals surface area (Å²) in [6, 6.07) is 0. The van der Waals surface area contributed by atoms with Crippen molar-refractivity contribution >= 4 is 12.0 Å². The van der Waals surface area contributed by atoms with Gasteiger partial charge >= 0.3 is 6.09 Å². The highest BCUT2D eigenvalue weighted by atomic mass is 16.5. The van der Waals surface area contributed by atoms with Crippen LogP contribution in [0.2, 0.25) is 0 Å². The molecule has 0 heterocycles. The Hall–Kier alpha value is -1.52. The van der Waals surface area contributed by atoms with Gasteiger partial charge in [-0.2, -0.15) is 0 Å². The number of rotatable bonds is 3. The van der Waals surface area contributed by atoms with Gasteiger partial charge in [-0.25, -0.2) is 10.2 Å². The minimum absolute atomic E-state index is 0.0578. The van der Waals surface area contributed by atoms with Crippen LogP contribution in [0.25, 0.3) is 0 Å². The summed E-state index contributed by atoms with van der Waals surface area (Å²) in [4.78, 5) is 23.0. The molecular formula is C13H22N2O3. The van der Waals surface area contributed by atoms with Gasteiger partial charge in [0.2, 0.25) is 5.91 Å². The minimum atomic E-state index is -0.636. The molecule has 1 aliphatic carbocycles. The fraction of sp³-hybridized carbons (Fsp3) is 0.692. The summed E-state index contributed by atoms with van der Waals surface area (Å²) in [6.45, 7) is 10.1. The molecule has 0 aromatic rings. The normalized spacial score (nSPS) is 23.8.